The van der Waals surface area contributed by atoms with Crippen molar-refractivity contribution in [2.45, 2.75) is 12.5 Å². The molecule has 8 heteroatoms. The maximum atomic E-state index is 13.5. The van der Waals surface area contributed by atoms with E-state index in [1.165, 1.54) is 6.07 Å². The summed E-state index contributed by atoms with van der Waals surface area (Å²) in [7, 11) is 0. The van der Waals surface area contributed by atoms with Gasteiger partial charge in [0.2, 0.25) is 0 Å². The summed E-state index contributed by atoms with van der Waals surface area (Å²) in [5.74, 6) is -1.66. The molecule has 3 N–H and O–H groups in total. The zero-order valence-corrected chi connectivity index (χ0v) is 15.8. The molecule has 0 saturated carbocycles. The van der Waals surface area contributed by atoms with Crippen LogP contribution in [0.4, 0.5) is 4.39 Å². The normalized spacial score (nSPS) is 11.2. The fraction of sp³-hybridized carbons (Fsp3) is 0.158. The monoisotopic (exact) mass is 412 g/mol. The number of halogens is 3. The van der Waals surface area contributed by atoms with Crippen LogP contribution >= 0.6 is 24.8 Å². The lowest BCUT2D eigenvalue weighted by atomic mass is 10.1. The van der Waals surface area contributed by atoms with Crippen molar-refractivity contribution >= 4 is 41.7 Å². The van der Waals surface area contributed by atoms with Gasteiger partial charge in [-0.25, -0.2) is 9.18 Å². The smallest absolute Gasteiger partial charge is 0.340 e. The summed E-state index contributed by atoms with van der Waals surface area (Å²) in [4.78, 5) is 15.5. The second-order valence-electron chi connectivity index (χ2n) is 5.72. The standard InChI is InChI=1S/C19H17FN2O3.2ClH/c20-13-9-15-16(22-10-13)6-7-17(18(15)19(23)24)25-11-14(21)8-12-4-2-1-3-5-12;;/h1-7,9-10,14H,8,11,21H2,(H,23,24);2*1H/t14-;;/m0../s1. The number of aromatic carboxylic acids is 1. The van der Waals surface area contributed by atoms with Crippen LogP contribution in [0.5, 0.6) is 5.75 Å². The highest BCUT2D eigenvalue weighted by Crippen LogP contribution is 2.28. The van der Waals surface area contributed by atoms with Crippen LogP contribution in [0.1, 0.15) is 15.9 Å². The van der Waals surface area contributed by atoms with Gasteiger partial charge in [0.05, 0.1) is 11.7 Å². The largest absolute Gasteiger partial charge is 0.491 e. The average Bonchev–Trinajstić information content (AvgIpc) is 2.59. The lowest BCUT2D eigenvalue weighted by Gasteiger charge is -2.15. The molecule has 0 amide bonds. The van der Waals surface area contributed by atoms with Gasteiger partial charge in [0.15, 0.2) is 0 Å². The molecule has 0 spiro atoms. The molecular formula is C19H19Cl2FN2O3. The Balaban J connectivity index is 0.00000182. The number of carbonyl (C=O) groups is 1. The molecule has 0 aliphatic carbocycles. The Bertz CT molecular complexity index is 910. The van der Waals surface area contributed by atoms with Gasteiger partial charge in [0, 0.05) is 11.4 Å². The van der Waals surface area contributed by atoms with Gasteiger partial charge < -0.3 is 15.6 Å². The van der Waals surface area contributed by atoms with Crippen LogP contribution in [0.15, 0.2) is 54.7 Å². The van der Waals surface area contributed by atoms with Gasteiger partial charge >= 0.3 is 5.97 Å². The highest BCUT2D eigenvalue weighted by molar-refractivity contribution is 6.05. The Morgan fingerprint density at radius 3 is 2.56 bits per heavy atom. The number of hydrogen-bond acceptors (Lipinski definition) is 4. The number of fused-ring (bicyclic) bond motifs is 1. The van der Waals surface area contributed by atoms with Crippen molar-refractivity contribution in [3.8, 4) is 5.75 Å². The molecule has 5 nitrogen and oxygen atoms in total. The van der Waals surface area contributed by atoms with Crippen LogP contribution in [-0.2, 0) is 6.42 Å². The van der Waals surface area contributed by atoms with E-state index in [2.05, 4.69) is 4.98 Å². The lowest BCUT2D eigenvalue weighted by molar-refractivity contribution is 0.0694. The summed E-state index contributed by atoms with van der Waals surface area (Å²) in [6, 6.07) is 13.7. The maximum absolute atomic E-state index is 13.5. The molecule has 3 aromatic rings. The number of hydrogen-bond donors (Lipinski definition) is 2. The molecule has 0 aliphatic heterocycles. The molecule has 0 unspecified atom stereocenters. The van der Waals surface area contributed by atoms with Gasteiger partial charge in [-0.05, 0) is 30.2 Å². The number of ether oxygens (including phenoxy) is 1. The molecule has 0 radical (unpaired) electrons. The average molecular weight is 413 g/mol. The summed E-state index contributed by atoms with van der Waals surface area (Å²) >= 11 is 0. The maximum Gasteiger partial charge on any atom is 0.340 e. The Kier molecular flexibility index (Phi) is 8.43. The zero-order valence-electron chi connectivity index (χ0n) is 14.2. The number of nitrogens with zero attached hydrogens (tertiary/aromatic N) is 1. The molecule has 1 atom stereocenters. The number of pyridine rings is 1. The summed E-state index contributed by atoms with van der Waals surface area (Å²) in [6.07, 6.45) is 1.65. The summed E-state index contributed by atoms with van der Waals surface area (Å²) in [5, 5.41) is 9.69. The van der Waals surface area contributed by atoms with E-state index in [4.69, 9.17) is 10.5 Å². The predicted octanol–water partition coefficient (Wildman–Crippen LogP) is 3.86. The van der Waals surface area contributed by atoms with Crippen LogP contribution in [0, 0.1) is 5.82 Å². The summed E-state index contributed by atoms with van der Waals surface area (Å²) in [6.45, 7) is 0.142. The first kappa shape index (κ1) is 22.6. The molecule has 0 aliphatic rings. The molecule has 0 saturated heterocycles. The minimum atomic E-state index is -1.20. The van der Waals surface area contributed by atoms with E-state index >= 15 is 0 Å². The molecule has 3 rings (SSSR count). The molecule has 1 aromatic heterocycles. The van der Waals surface area contributed by atoms with Gasteiger partial charge in [-0.2, -0.15) is 0 Å². The fourth-order valence-corrected chi connectivity index (χ4v) is 2.67. The lowest BCUT2D eigenvalue weighted by Crippen LogP contribution is -2.30. The van der Waals surface area contributed by atoms with E-state index in [0.717, 1.165) is 17.8 Å². The molecule has 2 aromatic carbocycles. The Labute approximate surface area is 168 Å². The molecule has 27 heavy (non-hydrogen) atoms. The number of carboxylic acid groups (broad SMARTS) is 1. The van der Waals surface area contributed by atoms with Crippen LogP contribution in [-0.4, -0.2) is 28.7 Å². The zero-order chi connectivity index (χ0) is 17.8. The number of benzene rings is 2. The fourth-order valence-electron chi connectivity index (χ4n) is 2.67. The molecule has 0 bridgehead atoms. The third-order valence-electron chi connectivity index (χ3n) is 3.80. The van der Waals surface area contributed by atoms with Gasteiger partial charge in [0.25, 0.3) is 0 Å². The van der Waals surface area contributed by atoms with Crippen LogP contribution in [0.25, 0.3) is 10.9 Å². The van der Waals surface area contributed by atoms with Gasteiger partial charge in [-0.1, -0.05) is 30.3 Å². The van der Waals surface area contributed by atoms with Crippen molar-refractivity contribution in [2.75, 3.05) is 6.61 Å². The van der Waals surface area contributed by atoms with E-state index in [0.29, 0.717) is 11.9 Å². The van der Waals surface area contributed by atoms with E-state index < -0.39 is 11.8 Å². The van der Waals surface area contributed by atoms with E-state index in [1.54, 1.807) is 6.07 Å². The first-order valence-electron chi connectivity index (χ1n) is 7.78. The van der Waals surface area contributed by atoms with Crippen molar-refractivity contribution in [3.05, 3.63) is 71.7 Å². The van der Waals surface area contributed by atoms with Crippen molar-refractivity contribution < 1.29 is 19.0 Å². The van der Waals surface area contributed by atoms with Crippen molar-refractivity contribution in [1.29, 1.82) is 0 Å². The Morgan fingerprint density at radius 1 is 1.19 bits per heavy atom. The van der Waals surface area contributed by atoms with Crippen molar-refractivity contribution in [2.24, 2.45) is 5.73 Å². The molecule has 1 heterocycles. The number of aromatic nitrogens is 1. The van der Waals surface area contributed by atoms with Crippen LogP contribution in [0.2, 0.25) is 0 Å². The van der Waals surface area contributed by atoms with Gasteiger partial charge in [-0.3, -0.25) is 4.98 Å². The summed E-state index contributed by atoms with van der Waals surface area (Å²) in [5.41, 5.74) is 7.42. The molecule has 144 valence electrons. The molecule has 0 fully saturated rings. The molecular weight excluding hydrogens is 394 g/mol. The highest BCUT2D eigenvalue weighted by Gasteiger charge is 2.18. The number of carboxylic acids is 1. The quantitative estimate of drug-likeness (QED) is 0.641. The van der Waals surface area contributed by atoms with Crippen molar-refractivity contribution in [3.63, 3.8) is 0 Å². The minimum absolute atomic E-state index is 0. The predicted molar refractivity (Wildman–Crippen MR) is 107 cm³/mol. The van der Waals surface area contributed by atoms with E-state index in [9.17, 15) is 14.3 Å². The van der Waals surface area contributed by atoms with Gasteiger partial charge in [-0.15, -0.1) is 24.8 Å². The minimum Gasteiger partial charge on any atom is -0.491 e. The number of nitrogens with two attached hydrogens (primary N) is 1. The third-order valence-corrected chi connectivity index (χ3v) is 3.80. The first-order chi connectivity index (χ1) is 12.0. The Hall–Kier alpha value is -2.41. The number of rotatable bonds is 6. The van der Waals surface area contributed by atoms with E-state index in [1.807, 2.05) is 30.3 Å². The van der Waals surface area contributed by atoms with Crippen LogP contribution < -0.4 is 10.5 Å². The summed E-state index contributed by atoms with van der Waals surface area (Å²) < 4.78 is 19.1. The SMILES string of the molecule is Cl.Cl.N[C@H](COc1ccc2ncc(F)cc2c1C(=O)O)Cc1ccccc1. The van der Waals surface area contributed by atoms with Crippen molar-refractivity contribution in [1.82, 2.24) is 4.98 Å². The second kappa shape index (κ2) is 10.1. The Morgan fingerprint density at radius 2 is 1.89 bits per heavy atom. The van der Waals surface area contributed by atoms with E-state index in [-0.39, 0.29) is 54.2 Å². The second-order valence-corrected chi connectivity index (χ2v) is 5.72. The third kappa shape index (κ3) is 5.53. The topological polar surface area (TPSA) is 85.4 Å². The first-order valence-corrected chi connectivity index (χ1v) is 7.78. The van der Waals surface area contributed by atoms with Gasteiger partial charge in [0.1, 0.15) is 23.7 Å². The van der Waals surface area contributed by atoms with Crippen LogP contribution in [0.3, 0.4) is 0 Å². The highest BCUT2D eigenvalue weighted by atomic mass is 35.5.